The Balaban J connectivity index is 4.67. The largest absolute Gasteiger partial charge is 0.460 e. The molecular weight excluding hydrogens is 264 g/mol. The van der Waals surface area contributed by atoms with Crippen LogP contribution in [-0.2, 0) is 19.1 Å². The van der Waals surface area contributed by atoms with Crippen LogP contribution in [-0.4, -0.2) is 43.3 Å². The summed E-state index contributed by atoms with van der Waals surface area (Å²) in [5, 5.41) is 5.11. The van der Waals surface area contributed by atoms with Crippen molar-refractivity contribution in [2.24, 2.45) is 0 Å². The molecule has 7 heteroatoms. The molecule has 0 aromatic rings. The maximum absolute atomic E-state index is 11.5. The van der Waals surface area contributed by atoms with Crippen molar-refractivity contribution >= 4 is 18.0 Å². The number of hydrogen-bond acceptors (Lipinski definition) is 5. The Kier molecular flexibility index (Phi) is 7.72. The lowest BCUT2D eigenvalue weighted by molar-refractivity contribution is -0.144. The summed E-state index contributed by atoms with van der Waals surface area (Å²) in [5.74, 6) is -1.27. The van der Waals surface area contributed by atoms with E-state index < -0.39 is 23.5 Å². The molecule has 112 valence electrons. The van der Waals surface area contributed by atoms with Gasteiger partial charge in [-0.05, 0) is 13.8 Å². The number of urea groups is 1. The molecule has 0 bridgehead atoms. The fraction of sp³-hybridized carbons (Fsp3) is 0.462. The molecule has 0 saturated heterocycles. The molecule has 0 aromatic carbocycles. The summed E-state index contributed by atoms with van der Waals surface area (Å²) in [7, 11) is 0. The van der Waals surface area contributed by atoms with Crippen LogP contribution in [0.3, 0.4) is 0 Å². The van der Waals surface area contributed by atoms with E-state index in [1.807, 2.05) is 0 Å². The monoisotopic (exact) mass is 284 g/mol. The maximum Gasteiger partial charge on any atom is 0.330 e. The normalized spacial score (nSPS) is 10.1. The Morgan fingerprint density at radius 1 is 1.10 bits per heavy atom. The Hall–Kier alpha value is -2.31. The van der Waals surface area contributed by atoms with Crippen LogP contribution in [0.25, 0.3) is 0 Å². The van der Waals surface area contributed by atoms with Crippen LogP contribution in [0, 0.1) is 0 Å². The summed E-state index contributed by atoms with van der Waals surface area (Å²) in [6.07, 6.45) is 2.00. The van der Waals surface area contributed by atoms with Crippen LogP contribution < -0.4 is 10.6 Å². The molecule has 0 saturated carbocycles. The van der Waals surface area contributed by atoms with Crippen LogP contribution in [0.5, 0.6) is 0 Å². The summed E-state index contributed by atoms with van der Waals surface area (Å²) in [4.78, 5) is 33.7. The summed E-state index contributed by atoms with van der Waals surface area (Å²) in [6, 6.07) is -0.459. The first-order valence-corrected chi connectivity index (χ1v) is 6.01. The van der Waals surface area contributed by atoms with Crippen LogP contribution in [0.4, 0.5) is 4.79 Å². The SMILES string of the molecule is C=CC(=O)OCC(C)(COC(=O)C=C)NC(=O)NCC. The van der Waals surface area contributed by atoms with E-state index >= 15 is 0 Å². The number of ether oxygens (including phenoxy) is 2. The summed E-state index contributed by atoms with van der Waals surface area (Å²) >= 11 is 0. The van der Waals surface area contributed by atoms with Gasteiger partial charge in [0, 0.05) is 18.7 Å². The maximum atomic E-state index is 11.5. The van der Waals surface area contributed by atoms with Crippen molar-refractivity contribution in [1.82, 2.24) is 10.6 Å². The zero-order valence-electron chi connectivity index (χ0n) is 11.7. The van der Waals surface area contributed by atoms with Gasteiger partial charge in [-0.15, -0.1) is 0 Å². The first-order chi connectivity index (χ1) is 9.36. The molecule has 0 aliphatic heterocycles. The number of carbonyl (C=O) groups is 3. The lowest BCUT2D eigenvalue weighted by atomic mass is 10.1. The Morgan fingerprint density at radius 3 is 1.90 bits per heavy atom. The van der Waals surface area contributed by atoms with Gasteiger partial charge in [-0.1, -0.05) is 13.2 Å². The zero-order valence-corrected chi connectivity index (χ0v) is 11.7. The minimum atomic E-state index is -1.06. The highest BCUT2D eigenvalue weighted by Crippen LogP contribution is 2.07. The topological polar surface area (TPSA) is 93.7 Å². The van der Waals surface area contributed by atoms with Gasteiger partial charge in [-0.2, -0.15) is 0 Å². The molecule has 0 atom stereocenters. The molecule has 7 nitrogen and oxygen atoms in total. The van der Waals surface area contributed by atoms with Crippen molar-refractivity contribution < 1.29 is 23.9 Å². The van der Waals surface area contributed by atoms with Gasteiger partial charge in [0.15, 0.2) is 0 Å². The molecule has 0 aromatic heterocycles. The van der Waals surface area contributed by atoms with E-state index in [1.165, 1.54) is 0 Å². The second-order valence-electron chi connectivity index (χ2n) is 4.17. The van der Waals surface area contributed by atoms with E-state index in [-0.39, 0.29) is 13.2 Å². The van der Waals surface area contributed by atoms with Gasteiger partial charge in [0.05, 0.1) is 0 Å². The Bertz CT molecular complexity index is 368. The molecule has 0 aliphatic carbocycles. The quantitative estimate of drug-likeness (QED) is 0.500. The van der Waals surface area contributed by atoms with Gasteiger partial charge in [-0.25, -0.2) is 14.4 Å². The zero-order chi connectivity index (χ0) is 15.6. The molecule has 0 unspecified atom stereocenters. The fourth-order valence-electron chi connectivity index (χ4n) is 1.17. The average molecular weight is 284 g/mol. The molecule has 0 aliphatic rings. The first kappa shape index (κ1) is 17.7. The Morgan fingerprint density at radius 2 is 1.55 bits per heavy atom. The third kappa shape index (κ3) is 7.20. The second-order valence-corrected chi connectivity index (χ2v) is 4.17. The standard InChI is InChI=1S/C13H20N2O5/c1-5-10(16)19-8-13(4,9-20-11(17)6-2)15-12(18)14-7-3/h5-6H,1-2,7-9H2,3-4H3,(H2,14,15,18). The van der Waals surface area contributed by atoms with Gasteiger partial charge in [-0.3, -0.25) is 0 Å². The van der Waals surface area contributed by atoms with Crippen LogP contribution in [0.1, 0.15) is 13.8 Å². The minimum absolute atomic E-state index is 0.167. The Labute approximate surface area is 118 Å². The molecule has 0 fully saturated rings. The molecule has 0 radical (unpaired) electrons. The summed E-state index contributed by atoms with van der Waals surface area (Å²) in [6.45, 7) is 9.96. The van der Waals surface area contributed by atoms with E-state index in [0.717, 1.165) is 12.2 Å². The third-order valence-electron chi connectivity index (χ3n) is 2.15. The highest BCUT2D eigenvalue weighted by molar-refractivity contribution is 5.82. The molecule has 2 N–H and O–H groups in total. The van der Waals surface area contributed by atoms with Gasteiger partial charge in [0.25, 0.3) is 0 Å². The van der Waals surface area contributed by atoms with Crippen molar-refractivity contribution in [2.75, 3.05) is 19.8 Å². The van der Waals surface area contributed by atoms with Crippen LogP contribution in [0.15, 0.2) is 25.3 Å². The van der Waals surface area contributed by atoms with Gasteiger partial charge in [0.2, 0.25) is 0 Å². The predicted molar refractivity (Wildman–Crippen MR) is 72.9 cm³/mol. The minimum Gasteiger partial charge on any atom is -0.460 e. The lowest BCUT2D eigenvalue weighted by Gasteiger charge is -2.29. The summed E-state index contributed by atoms with van der Waals surface area (Å²) < 4.78 is 9.77. The van der Waals surface area contributed by atoms with Crippen molar-refractivity contribution in [3.05, 3.63) is 25.3 Å². The van der Waals surface area contributed by atoms with Crippen LogP contribution >= 0.6 is 0 Å². The van der Waals surface area contributed by atoms with E-state index in [0.29, 0.717) is 6.54 Å². The highest BCUT2D eigenvalue weighted by Gasteiger charge is 2.29. The van der Waals surface area contributed by atoms with E-state index in [2.05, 4.69) is 23.8 Å². The summed E-state index contributed by atoms with van der Waals surface area (Å²) in [5.41, 5.74) is -1.06. The third-order valence-corrected chi connectivity index (χ3v) is 2.15. The fourth-order valence-corrected chi connectivity index (χ4v) is 1.17. The van der Waals surface area contributed by atoms with E-state index in [1.54, 1.807) is 13.8 Å². The number of nitrogens with one attached hydrogen (secondary N) is 2. The predicted octanol–water partition coefficient (Wildman–Crippen LogP) is 0.523. The number of esters is 2. The average Bonchev–Trinajstić information content (AvgIpc) is 2.42. The highest BCUT2D eigenvalue weighted by atomic mass is 16.5. The number of rotatable bonds is 8. The van der Waals surface area contributed by atoms with Crippen molar-refractivity contribution in [3.8, 4) is 0 Å². The number of amides is 2. The van der Waals surface area contributed by atoms with E-state index in [9.17, 15) is 14.4 Å². The lowest BCUT2D eigenvalue weighted by Crippen LogP contribution is -2.56. The molecular formula is C13H20N2O5. The van der Waals surface area contributed by atoms with Crippen molar-refractivity contribution in [1.29, 1.82) is 0 Å². The van der Waals surface area contributed by atoms with Crippen molar-refractivity contribution in [2.45, 2.75) is 19.4 Å². The van der Waals surface area contributed by atoms with Gasteiger partial charge in [0.1, 0.15) is 18.8 Å². The van der Waals surface area contributed by atoms with E-state index in [4.69, 9.17) is 9.47 Å². The second kappa shape index (κ2) is 8.73. The molecule has 0 heterocycles. The van der Waals surface area contributed by atoms with Gasteiger partial charge >= 0.3 is 18.0 Å². The van der Waals surface area contributed by atoms with Crippen LogP contribution in [0.2, 0.25) is 0 Å². The number of carbonyl (C=O) groups excluding carboxylic acids is 3. The number of hydrogen-bond donors (Lipinski definition) is 2. The molecule has 0 spiro atoms. The smallest absolute Gasteiger partial charge is 0.330 e. The first-order valence-electron chi connectivity index (χ1n) is 6.01. The molecule has 0 rings (SSSR count). The van der Waals surface area contributed by atoms with Crippen molar-refractivity contribution in [3.63, 3.8) is 0 Å². The van der Waals surface area contributed by atoms with Gasteiger partial charge < -0.3 is 20.1 Å². The molecule has 20 heavy (non-hydrogen) atoms. The molecule has 2 amide bonds.